The maximum Gasteiger partial charge on any atom is 0.248 e. The first-order valence-electron chi connectivity index (χ1n) is 10.5. The number of hydrogen-bond acceptors (Lipinski definition) is 2. The zero-order chi connectivity index (χ0) is 20.0. The van der Waals surface area contributed by atoms with E-state index in [-0.39, 0.29) is 5.56 Å². The number of fused-ring (bicyclic) bond motifs is 5. The molecule has 2 aromatic rings. The van der Waals surface area contributed by atoms with Crippen molar-refractivity contribution in [3.8, 4) is 0 Å². The van der Waals surface area contributed by atoms with Gasteiger partial charge in [-0.15, -0.1) is 0 Å². The Morgan fingerprint density at radius 2 is 2.03 bits per heavy atom. The van der Waals surface area contributed by atoms with Crippen LogP contribution in [0.25, 0.3) is 5.57 Å². The average Bonchev–Trinajstić information content (AvgIpc) is 3.10. The third-order valence-corrected chi connectivity index (χ3v) is 6.68. The van der Waals surface area contributed by atoms with Gasteiger partial charge in [0.05, 0.1) is 0 Å². The summed E-state index contributed by atoms with van der Waals surface area (Å²) in [5.74, 6) is 0.302. The normalized spacial score (nSPS) is 27.9. The molecule has 3 nitrogen and oxygen atoms in total. The van der Waals surface area contributed by atoms with Crippen LogP contribution in [0.15, 0.2) is 75.6 Å². The number of aromatic amines is 1. The molecular weight excluding hydrogens is 356 g/mol. The van der Waals surface area contributed by atoms with E-state index in [2.05, 4.69) is 61.3 Å². The molecule has 5 rings (SSSR count). The van der Waals surface area contributed by atoms with Crippen LogP contribution >= 0.6 is 0 Å². The van der Waals surface area contributed by atoms with Gasteiger partial charge >= 0.3 is 0 Å². The third-order valence-electron chi connectivity index (χ3n) is 6.68. The Hall–Kier alpha value is -2.94. The first-order chi connectivity index (χ1) is 14.1. The summed E-state index contributed by atoms with van der Waals surface area (Å²) in [5, 5.41) is 0. The lowest BCUT2D eigenvalue weighted by molar-refractivity contribution is 0.413. The topological polar surface area (TPSA) is 45.2 Å². The predicted molar refractivity (Wildman–Crippen MR) is 119 cm³/mol. The summed E-state index contributed by atoms with van der Waals surface area (Å²) >= 11 is 0. The summed E-state index contributed by atoms with van der Waals surface area (Å²) in [4.78, 5) is 20.2. The van der Waals surface area contributed by atoms with E-state index in [0.717, 1.165) is 36.9 Å². The lowest BCUT2D eigenvalue weighted by Gasteiger charge is -2.45. The summed E-state index contributed by atoms with van der Waals surface area (Å²) in [6.45, 7) is 4.31. The zero-order valence-corrected chi connectivity index (χ0v) is 17.0. The molecule has 0 saturated carbocycles. The van der Waals surface area contributed by atoms with Gasteiger partial charge in [-0.3, -0.25) is 9.79 Å². The van der Waals surface area contributed by atoms with Crippen LogP contribution in [0.1, 0.15) is 49.1 Å². The van der Waals surface area contributed by atoms with Crippen molar-refractivity contribution in [2.75, 3.05) is 0 Å². The van der Waals surface area contributed by atoms with Crippen LogP contribution < -0.4 is 5.56 Å². The Morgan fingerprint density at radius 1 is 1.17 bits per heavy atom. The van der Waals surface area contributed by atoms with E-state index >= 15 is 0 Å². The van der Waals surface area contributed by atoms with Crippen molar-refractivity contribution >= 4 is 11.8 Å². The van der Waals surface area contributed by atoms with E-state index in [9.17, 15) is 4.79 Å². The van der Waals surface area contributed by atoms with Crippen LogP contribution in [-0.4, -0.2) is 11.2 Å². The number of pyridine rings is 1. The second kappa shape index (κ2) is 6.84. The molecule has 1 aromatic carbocycles. The third kappa shape index (κ3) is 2.88. The van der Waals surface area contributed by atoms with E-state index < -0.39 is 5.54 Å². The number of aromatic nitrogens is 1. The molecule has 0 aliphatic heterocycles. The first kappa shape index (κ1) is 18.1. The van der Waals surface area contributed by atoms with Gasteiger partial charge in [-0.25, -0.2) is 0 Å². The average molecular weight is 383 g/mol. The number of aryl methyl sites for hydroxylation is 1. The van der Waals surface area contributed by atoms with Crippen LogP contribution in [0.4, 0.5) is 0 Å². The van der Waals surface area contributed by atoms with Gasteiger partial charge in [-0.1, -0.05) is 42.0 Å². The van der Waals surface area contributed by atoms with Crippen molar-refractivity contribution in [1.82, 2.24) is 4.98 Å². The molecule has 0 spiro atoms. The van der Waals surface area contributed by atoms with Gasteiger partial charge in [-0.2, -0.15) is 0 Å². The van der Waals surface area contributed by atoms with Crippen molar-refractivity contribution in [1.29, 1.82) is 0 Å². The summed E-state index contributed by atoms with van der Waals surface area (Å²) in [6, 6.07) is 12.3. The monoisotopic (exact) mass is 382 g/mol. The molecule has 0 radical (unpaired) electrons. The van der Waals surface area contributed by atoms with Gasteiger partial charge in [0.25, 0.3) is 0 Å². The summed E-state index contributed by atoms with van der Waals surface area (Å²) in [6.07, 6.45) is 12.7. The molecule has 0 fully saturated rings. The number of benzene rings is 1. The molecule has 3 aliphatic carbocycles. The smallest absolute Gasteiger partial charge is 0.248 e. The Balaban J connectivity index is 1.62. The molecule has 1 aromatic heterocycles. The molecule has 2 bridgehead atoms. The van der Waals surface area contributed by atoms with Crippen molar-refractivity contribution in [2.45, 2.75) is 45.1 Å². The molecular formula is C26H26N2O. The Morgan fingerprint density at radius 3 is 2.90 bits per heavy atom. The molecule has 146 valence electrons. The van der Waals surface area contributed by atoms with Gasteiger partial charge in [0.1, 0.15) is 5.54 Å². The molecule has 1 heterocycles. The zero-order valence-electron chi connectivity index (χ0n) is 17.0. The van der Waals surface area contributed by atoms with Gasteiger partial charge < -0.3 is 4.98 Å². The molecule has 29 heavy (non-hydrogen) atoms. The molecule has 0 unspecified atom stereocenters. The minimum atomic E-state index is -0.411. The maximum absolute atomic E-state index is 12.0. The van der Waals surface area contributed by atoms with E-state index in [1.165, 1.54) is 27.8 Å². The number of nitrogens with one attached hydrogen (secondary N) is 1. The highest BCUT2D eigenvalue weighted by Crippen LogP contribution is 2.51. The van der Waals surface area contributed by atoms with Gasteiger partial charge in [0.15, 0.2) is 0 Å². The number of H-pyrrole nitrogens is 1. The second-order valence-electron chi connectivity index (χ2n) is 8.45. The minimum absolute atomic E-state index is 0.0322. The van der Waals surface area contributed by atoms with Crippen molar-refractivity contribution in [2.24, 2.45) is 10.9 Å². The van der Waals surface area contributed by atoms with E-state index in [0.29, 0.717) is 5.92 Å². The summed E-state index contributed by atoms with van der Waals surface area (Å²) < 4.78 is 0. The molecule has 0 saturated heterocycles. The number of hydrogen-bond donors (Lipinski definition) is 1. The maximum atomic E-state index is 12.0. The molecule has 3 heteroatoms. The number of rotatable bonds is 2. The Kier molecular flexibility index (Phi) is 4.27. The van der Waals surface area contributed by atoms with Gasteiger partial charge in [0, 0.05) is 35.9 Å². The lowest BCUT2D eigenvalue weighted by Crippen LogP contribution is -2.40. The number of nitrogens with zero attached hydrogens (tertiary/aromatic N) is 1. The number of aliphatic imine (C=N–C) groups is 1. The highest BCUT2D eigenvalue weighted by atomic mass is 16.1. The van der Waals surface area contributed by atoms with E-state index in [4.69, 9.17) is 4.99 Å². The van der Waals surface area contributed by atoms with Gasteiger partial charge in [-0.05, 0) is 67.5 Å². The van der Waals surface area contributed by atoms with Crippen LogP contribution in [0.2, 0.25) is 0 Å². The van der Waals surface area contributed by atoms with Gasteiger partial charge in [0.2, 0.25) is 5.56 Å². The highest BCUT2D eigenvalue weighted by Gasteiger charge is 2.46. The fourth-order valence-corrected chi connectivity index (χ4v) is 5.54. The van der Waals surface area contributed by atoms with Crippen LogP contribution in [-0.2, 0) is 18.4 Å². The quantitative estimate of drug-likeness (QED) is 0.567. The summed E-state index contributed by atoms with van der Waals surface area (Å²) in [5.41, 5.74) is 8.60. The van der Waals surface area contributed by atoms with E-state index in [1.807, 2.05) is 12.3 Å². The first-order valence-corrected chi connectivity index (χ1v) is 10.5. The SMILES string of the molecule is C/C=C1\[C@H]2C=C(C)C[C@]1(N=CC=C1CCc3ccccc31)c1ccc(=O)[nH]c1C2. The predicted octanol–water partition coefficient (Wildman–Crippen LogP) is 5.14. The van der Waals surface area contributed by atoms with Crippen molar-refractivity contribution in [3.63, 3.8) is 0 Å². The number of allylic oxidation sites excluding steroid dienone is 4. The molecule has 2 atom stereocenters. The molecule has 3 aliphatic rings. The fraction of sp³-hybridized carbons (Fsp3) is 0.308. The molecule has 1 N–H and O–H groups in total. The van der Waals surface area contributed by atoms with Crippen LogP contribution in [0, 0.1) is 5.92 Å². The Labute approximate surface area is 171 Å². The van der Waals surface area contributed by atoms with Crippen molar-refractivity contribution < 1.29 is 0 Å². The second-order valence-corrected chi connectivity index (χ2v) is 8.45. The minimum Gasteiger partial charge on any atom is -0.326 e. The lowest BCUT2D eigenvalue weighted by atomic mass is 9.63. The highest BCUT2D eigenvalue weighted by molar-refractivity contribution is 5.87. The molecule has 0 amide bonds. The standard InChI is InChI=1S/C26H26N2O/c1-3-22-20-14-17(2)16-26(22,23-10-11-25(29)28-24(23)15-20)27-13-12-19-9-8-18-6-4-5-7-21(18)19/h3-7,10-14,20H,8-9,15-16H2,1-2H3,(H,28,29)/b19-12?,22-3+,27-13?/t20-,26+/m0/s1. The van der Waals surface area contributed by atoms with Crippen LogP contribution in [0.5, 0.6) is 0 Å². The van der Waals surface area contributed by atoms with Crippen molar-refractivity contribution in [3.05, 3.63) is 98.5 Å². The fourth-order valence-electron chi connectivity index (χ4n) is 5.54. The largest absolute Gasteiger partial charge is 0.326 e. The summed E-state index contributed by atoms with van der Waals surface area (Å²) in [7, 11) is 0. The van der Waals surface area contributed by atoms with E-state index in [1.54, 1.807) is 6.07 Å². The van der Waals surface area contributed by atoms with Crippen LogP contribution in [0.3, 0.4) is 0 Å². The Bertz CT molecular complexity index is 1160.